The maximum absolute atomic E-state index is 13.2. The van der Waals surface area contributed by atoms with Gasteiger partial charge in [0.25, 0.3) is 5.91 Å². The van der Waals surface area contributed by atoms with Gasteiger partial charge >= 0.3 is 6.03 Å². The molecule has 1 unspecified atom stereocenters. The predicted molar refractivity (Wildman–Crippen MR) is 59.9 cm³/mol. The molecule has 19 heavy (non-hydrogen) atoms. The molecule has 1 aromatic carbocycles. The molecule has 0 bridgehead atoms. The zero-order valence-corrected chi connectivity index (χ0v) is 10.0. The molecule has 0 aromatic heterocycles. The molecule has 2 rings (SSSR count). The Kier molecular flexibility index (Phi) is 3.21. The Hall–Kier alpha value is -2.05. The van der Waals surface area contributed by atoms with Crippen molar-refractivity contribution in [1.82, 2.24) is 10.2 Å². The van der Waals surface area contributed by atoms with Crippen LogP contribution in [0.5, 0.6) is 0 Å². The molecule has 1 aliphatic rings. The van der Waals surface area contributed by atoms with Crippen LogP contribution < -0.4 is 5.32 Å². The number of amides is 3. The van der Waals surface area contributed by atoms with Crippen molar-refractivity contribution in [3.8, 4) is 0 Å². The van der Waals surface area contributed by atoms with E-state index in [1.165, 1.54) is 6.92 Å². The van der Waals surface area contributed by atoms with Crippen LogP contribution in [0.3, 0.4) is 0 Å². The summed E-state index contributed by atoms with van der Waals surface area (Å²) in [6, 6.07) is 1.79. The summed E-state index contributed by atoms with van der Waals surface area (Å²) in [6.45, 7) is 0.0461. The first kappa shape index (κ1) is 13.4. The van der Waals surface area contributed by atoms with Gasteiger partial charge in [-0.25, -0.2) is 18.0 Å². The van der Waals surface area contributed by atoms with Crippen LogP contribution in [0.2, 0.25) is 0 Å². The molecule has 4 nitrogen and oxygen atoms in total. The van der Waals surface area contributed by atoms with Gasteiger partial charge in [0.2, 0.25) is 0 Å². The first-order valence-corrected chi connectivity index (χ1v) is 5.55. The molecule has 3 amide bonds. The number of nitrogens with one attached hydrogen (secondary N) is 1. The highest BCUT2D eigenvalue weighted by Gasteiger charge is 2.49. The highest BCUT2D eigenvalue weighted by molar-refractivity contribution is 6.07. The van der Waals surface area contributed by atoms with Crippen molar-refractivity contribution in [2.75, 3.05) is 13.2 Å². The van der Waals surface area contributed by atoms with Crippen molar-refractivity contribution in [3.63, 3.8) is 0 Å². The molecule has 0 radical (unpaired) electrons. The third-order valence-electron chi connectivity index (χ3n) is 3.02. The monoisotopic (exact) mass is 272 g/mol. The van der Waals surface area contributed by atoms with E-state index < -0.39 is 42.3 Å². The van der Waals surface area contributed by atoms with Gasteiger partial charge < -0.3 is 5.32 Å². The van der Waals surface area contributed by atoms with Crippen molar-refractivity contribution >= 4 is 11.9 Å². The van der Waals surface area contributed by atoms with Gasteiger partial charge in [-0.05, 0) is 24.6 Å². The summed E-state index contributed by atoms with van der Waals surface area (Å²) in [5.41, 5.74) is -1.61. The van der Waals surface area contributed by atoms with Gasteiger partial charge in [0.15, 0.2) is 0 Å². The molecule has 0 spiro atoms. The Bertz CT molecular complexity index is 530. The maximum atomic E-state index is 13.2. The molecule has 1 heterocycles. The van der Waals surface area contributed by atoms with Crippen LogP contribution in [0.1, 0.15) is 12.5 Å². The van der Waals surface area contributed by atoms with Crippen molar-refractivity contribution in [2.24, 2.45) is 0 Å². The Morgan fingerprint density at radius 1 is 1.21 bits per heavy atom. The van der Waals surface area contributed by atoms with Crippen LogP contribution in [0.15, 0.2) is 18.2 Å². The molecular weight excluding hydrogens is 261 g/mol. The largest absolute Gasteiger partial charge is 0.325 e. The third-order valence-corrected chi connectivity index (χ3v) is 3.02. The molecule has 1 N–H and O–H groups in total. The smallest absolute Gasteiger partial charge is 0.319 e. The van der Waals surface area contributed by atoms with E-state index in [0.29, 0.717) is 11.0 Å². The van der Waals surface area contributed by atoms with E-state index in [2.05, 4.69) is 5.32 Å². The van der Waals surface area contributed by atoms with Crippen molar-refractivity contribution in [3.05, 3.63) is 35.4 Å². The lowest BCUT2D eigenvalue weighted by atomic mass is 9.92. The zero-order chi connectivity index (χ0) is 14.2. The van der Waals surface area contributed by atoms with E-state index in [4.69, 9.17) is 0 Å². The second-order valence-corrected chi connectivity index (χ2v) is 4.36. The molecule has 1 atom stereocenters. The van der Waals surface area contributed by atoms with Crippen molar-refractivity contribution in [2.45, 2.75) is 12.5 Å². The van der Waals surface area contributed by atoms with E-state index >= 15 is 0 Å². The molecule has 102 valence electrons. The predicted octanol–water partition coefficient (Wildman–Crippen LogP) is 1.70. The van der Waals surface area contributed by atoms with Gasteiger partial charge in [-0.2, -0.15) is 0 Å². The van der Waals surface area contributed by atoms with E-state index in [0.717, 1.165) is 12.1 Å². The highest BCUT2D eigenvalue weighted by Crippen LogP contribution is 2.29. The van der Waals surface area contributed by atoms with E-state index in [-0.39, 0.29) is 5.56 Å². The first-order chi connectivity index (χ1) is 8.88. The SMILES string of the molecule is CC1(c2cc(F)cc(F)c2)NC(=O)N(CCF)C1=O. The van der Waals surface area contributed by atoms with Crippen molar-refractivity contribution < 1.29 is 22.8 Å². The Morgan fingerprint density at radius 2 is 1.79 bits per heavy atom. The lowest BCUT2D eigenvalue weighted by Gasteiger charge is -2.22. The number of hydrogen-bond acceptors (Lipinski definition) is 2. The van der Waals surface area contributed by atoms with Gasteiger partial charge in [-0.3, -0.25) is 9.69 Å². The number of alkyl halides is 1. The fraction of sp³-hybridized carbons (Fsp3) is 0.333. The zero-order valence-electron chi connectivity index (χ0n) is 10.0. The highest BCUT2D eigenvalue weighted by atomic mass is 19.1. The molecule has 0 saturated carbocycles. The number of benzene rings is 1. The van der Waals surface area contributed by atoms with Crippen LogP contribution in [0.25, 0.3) is 0 Å². The van der Waals surface area contributed by atoms with E-state index in [9.17, 15) is 22.8 Å². The third kappa shape index (κ3) is 2.16. The fourth-order valence-electron chi connectivity index (χ4n) is 2.02. The minimum atomic E-state index is -1.59. The Labute approximate surface area is 107 Å². The van der Waals surface area contributed by atoms with E-state index in [1.807, 2.05) is 0 Å². The van der Waals surface area contributed by atoms with Gasteiger partial charge in [-0.15, -0.1) is 0 Å². The molecular formula is C12H11F3N2O2. The van der Waals surface area contributed by atoms with Crippen LogP contribution in [-0.2, 0) is 10.3 Å². The Balaban J connectivity index is 2.43. The fourth-order valence-corrected chi connectivity index (χ4v) is 2.02. The molecule has 1 fully saturated rings. The van der Waals surface area contributed by atoms with Gasteiger partial charge in [-0.1, -0.05) is 0 Å². The quantitative estimate of drug-likeness (QED) is 0.851. The average Bonchev–Trinajstić information content (AvgIpc) is 2.53. The number of halogens is 3. The number of nitrogens with zero attached hydrogens (tertiary/aromatic N) is 1. The number of rotatable bonds is 3. The summed E-state index contributed by atoms with van der Waals surface area (Å²) in [7, 11) is 0. The second kappa shape index (κ2) is 4.56. The molecule has 7 heteroatoms. The summed E-state index contributed by atoms with van der Waals surface area (Å²) < 4.78 is 38.6. The number of carbonyl (C=O) groups is 2. The lowest BCUT2D eigenvalue weighted by molar-refractivity contribution is -0.131. The minimum absolute atomic E-state index is 0.0234. The summed E-state index contributed by atoms with van der Waals surface area (Å²) in [6.07, 6.45) is 0. The van der Waals surface area contributed by atoms with Gasteiger partial charge in [0.1, 0.15) is 23.8 Å². The lowest BCUT2D eigenvalue weighted by Crippen LogP contribution is -2.41. The number of carbonyl (C=O) groups excluding carboxylic acids is 2. The Morgan fingerprint density at radius 3 is 2.32 bits per heavy atom. The minimum Gasteiger partial charge on any atom is -0.319 e. The van der Waals surface area contributed by atoms with Crippen molar-refractivity contribution in [1.29, 1.82) is 0 Å². The summed E-state index contributed by atoms with van der Waals surface area (Å²) in [5.74, 6) is -2.45. The van der Waals surface area contributed by atoms with Crippen LogP contribution >= 0.6 is 0 Å². The summed E-state index contributed by atoms with van der Waals surface area (Å²) in [5, 5.41) is 2.32. The van der Waals surface area contributed by atoms with Crippen LogP contribution in [0.4, 0.5) is 18.0 Å². The first-order valence-electron chi connectivity index (χ1n) is 5.55. The number of hydrogen-bond donors (Lipinski definition) is 1. The maximum Gasteiger partial charge on any atom is 0.325 e. The number of urea groups is 1. The molecule has 0 aliphatic carbocycles. The summed E-state index contributed by atoms with van der Waals surface area (Å²) >= 11 is 0. The standard InChI is InChI=1S/C12H11F3N2O2/c1-12(7-4-8(14)6-9(15)5-7)10(18)17(3-2-13)11(19)16-12/h4-6H,2-3H2,1H3,(H,16,19). The topological polar surface area (TPSA) is 49.4 Å². The summed E-state index contributed by atoms with van der Waals surface area (Å²) in [4.78, 5) is 24.3. The second-order valence-electron chi connectivity index (χ2n) is 4.36. The average molecular weight is 272 g/mol. The molecule has 1 saturated heterocycles. The molecule has 1 aliphatic heterocycles. The van der Waals surface area contributed by atoms with Gasteiger partial charge in [0.05, 0.1) is 6.54 Å². The molecule has 1 aromatic rings. The van der Waals surface area contributed by atoms with Crippen LogP contribution in [0, 0.1) is 11.6 Å². The van der Waals surface area contributed by atoms with Gasteiger partial charge in [0, 0.05) is 6.07 Å². The van der Waals surface area contributed by atoms with E-state index in [1.54, 1.807) is 0 Å². The number of imide groups is 1. The van der Waals surface area contributed by atoms with Crippen LogP contribution in [-0.4, -0.2) is 30.1 Å². The normalized spacial score (nSPS) is 22.8.